The number of thiophene rings is 1. The molecule has 3 rings (SSSR count). The molecule has 2 heterocycles. The van der Waals surface area contributed by atoms with Crippen LogP contribution >= 0.6 is 23.1 Å². The van der Waals surface area contributed by atoms with Crippen LogP contribution < -0.4 is 0 Å². The Hall–Kier alpha value is -0.810. The minimum Gasteiger partial charge on any atom is -0.303 e. The zero-order valence-electron chi connectivity index (χ0n) is 13.3. The molecular formula is C17H25N3S2. The minimum atomic E-state index is 0.614. The Labute approximate surface area is 141 Å². The third-order valence-electron chi connectivity index (χ3n) is 4.32. The lowest BCUT2D eigenvalue weighted by Gasteiger charge is -2.25. The molecule has 0 N–H and O–H groups in total. The molecule has 0 saturated heterocycles. The van der Waals surface area contributed by atoms with Gasteiger partial charge in [0.05, 0.1) is 0 Å². The van der Waals surface area contributed by atoms with Crippen molar-refractivity contribution in [1.82, 2.24) is 14.8 Å². The fraction of sp³-hybridized carbons (Fsp3) is 0.647. The van der Waals surface area contributed by atoms with E-state index in [4.69, 9.17) is 0 Å². The first-order valence-corrected chi connectivity index (χ1v) is 10.3. The second-order valence-electron chi connectivity index (χ2n) is 6.02. The van der Waals surface area contributed by atoms with Crippen LogP contribution in [0.4, 0.5) is 0 Å². The zero-order valence-corrected chi connectivity index (χ0v) is 15.0. The molecular weight excluding hydrogens is 310 g/mol. The van der Waals surface area contributed by atoms with Gasteiger partial charge in [0.2, 0.25) is 0 Å². The summed E-state index contributed by atoms with van der Waals surface area (Å²) in [6.45, 7) is 2.24. The molecule has 1 fully saturated rings. The summed E-state index contributed by atoms with van der Waals surface area (Å²) in [5.41, 5.74) is 0. The summed E-state index contributed by atoms with van der Waals surface area (Å²) in [7, 11) is 0. The molecule has 1 aliphatic rings. The number of hydrogen-bond acceptors (Lipinski definition) is 4. The van der Waals surface area contributed by atoms with E-state index in [9.17, 15) is 0 Å². The van der Waals surface area contributed by atoms with Gasteiger partial charge >= 0.3 is 0 Å². The largest absolute Gasteiger partial charge is 0.303 e. The predicted molar refractivity (Wildman–Crippen MR) is 94.9 cm³/mol. The molecule has 0 unspecified atom stereocenters. The van der Waals surface area contributed by atoms with E-state index in [2.05, 4.69) is 39.2 Å². The molecule has 22 heavy (non-hydrogen) atoms. The van der Waals surface area contributed by atoms with Crippen LogP contribution in [0.1, 0.15) is 68.6 Å². The average Bonchev–Trinajstić information content (AvgIpc) is 3.19. The zero-order chi connectivity index (χ0) is 15.2. The number of unbranched alkanes of at least 4 members (excludes halogenated alkanes) is 1. The number of thioether (sulfide) groups is 1. The molecule has 0 aliphatic heterocycles. The first kappa shape index (κ1) is 16.1. The van der Waals surface area contributed by atoms with Crippen molar-refractivity contribution in [3.05, 3.63) is 28.2 Å². The van der Waals surface area contributed by atoms with Gasteiger partial charge in [-0.3, -0.25) is 0 Å². The Balaban J connectivity index is 1.81. The molecule has 0 amide bonds. The lowest BCUT2D eigenvalue weighted by atomic mass is 9.95. The summed E-state index contributed by atoms with van der Waals surface area (Å²) in [5, 5.41) is 12.4. The SMILES string of the molecule is CCCCSc1nnc(Cc2cccs2)n1C1CCCCC1. The number of aromatic nitrogens is 3. The summed E-state index contributed by atoms with van der Waals surface area (Å²) in [6.07, 6.45) is 10.1. The Bertz CT molecular complexity index is 556. The smallest absolute Gasteiger partial charge is 0.191 e. The van der Waals surface area contributed by atoms with Crippen LogP contribution in [0, 0.1) is 0 Å². The third-order valence-corrected chi connectivity index (χ3v) is 6.22. The van der Waals surface area contributed by atoms with Gasteiger partial charge in [0, 0.05) is 23.1 Å². The van der Waals surface area contributed by atoms with Crippen molar-refractivity contribution in [1.29, 1.82) is 0 Å². The first-order valence-electron chi connectivity index (χ1n) is 8.47. The van der Waals surface area contributed by atoms with Gasteiger partial charge in [-0.2, -0.15) is 0 Å². The van der Waals surface area contributed by atoms with E-state index < -0.39 is 0 Å². The van der Waals surface area contributed by atoms with Crippen LogP contribution in [0.3, 0.4) is 0 Å². The average molecular weight is 336 g/mol. The van der Waals surface area contributed by atoms with Crippen molar-refractivity contribution in [2.45, 2.75) is 69.5 Å². The van der Waals surface area contributed by atoms with E-state index in [0.29, 0.717) is 6.04 Å². The Kier molecular flexibility index (Phi) is 5.96. The fourth-order valence-corrected chi connectivity index (χ4v) is 4.92. The van der Waals surface area contributed by atoms with Gasteiger partial charge in [0.15, 0.2) is 5.16 Å². The van der Waals surface area contributed by atoms with Crippen molar-refractivity contribution in [2.24, 2.45) is 0 Å². The summed E-state index contributed by atoms with van der Waals surface area (Å²) in [5.74, 6) is 2.31. The third kappa shape index (κ3) is 3.93. The van der Waals surface area contributed by atoms with Crippen molar-refractivity contribution in [2.75, 3.05) is 5.75 Å². The van der Waals surface area contributed by atoms with Crippen LogP contribution in [0.25, 0.3) is 0 Å². The maximum Gasteiger partial charge on any atom is 0.191 e. The molecule has 0 aromatic carbocycles. The Morgan fingerprint density at radius 3 is 2.86 bits per heavy atom. The standard InChI is InChI=1S/C17H25N3S2/c1-2-3-11-22-17-19-18-16(13-15-10-7-12-21-15)20(17)14-8-5-4-6-9-14/h7,10,12,14H,2-6,8-9,11,13H2,1H3. The van der Waals surface area contributed by atoms with E-state index in [1.807, 2.05) is 23.1 Å². The maximum atomic E-state index is 4.54. The highest BCUT2D eigenvalue weighted by Crippen LogP contribution is 2.33. The first-order chi connectivity index (χ1) is 10.9. The molecule has 1 aliphatic carbocycles. The van der Waals surface area contributed by atoms with E-state index >= 15 is 0 Å². The molecule has 120 valence electrons. The second kappa shape index (κ2) is 8.16. The van der Waals surface area contributed by atoms with Crippen molar-refractivity contribution in [3.8, 4) is 0 Å². The number of hydrogen-bond donors (Lipinski definition) is 0. The van der Waals surface area contributed by atoms with Crippen molar-refractivity contribution < 1.29 is 0 Å². The fourth-order valence-electron chi connectivity index (χ4n) is 3.11. The molecule has 0 radical (unpaired) electrons. The Morgan fingerprint density at radius 2 is 2.14 bits per heavy atom. The molecule has 2 aromatic heterocycles. The summed E-state index contributed by atoms with van der Waals surface area (Å²) >= 11 is 3.71. The highest BCUT2D eigenvalue weighted by Gasteiger charge is 2.23. The maximum absolute atomic E-state index is 4.54. The second-order valence-corrected chi connectivity index (χ2v) is 8.11. The lowest BCUT2D eigenvalue weighted by molar-refractivity contribution is 0.330. The highest BCUT2D eigenvalue weighted by atomic mass is 32.2. The van der Waals surface area contributed by atoms with Crippen molar-refractivity contribution >= 4 is 23.1 Å². The van der Waals surface area contributed by atoms with Gasteiger partial charge in [0.25, 0.3) is 0 Å². The molecule has 2 aromatic rings. The van der Waals surface area contributed by atoms with Gasteiger partial charge in [-0.1, -0.05) is 50.4 Å². The Morgan fingerprint density at radius 1 is 1.27 bits per heavy atom. The number of rotatable bonds is 7. The molecule has 0 atom stereocenters. The van der Waals surface area contributed by atoms with Gasteiger partial charge < -0.3 is 4.57 Å². The van der Waals surface area contributed by atoms with Crippen LogP contribution in [-0.2, 0) is 6.42 Å². The van der Waals surface area contributed by atoms with Crippen LogP contribution in [0.2, 0.25) is 0 Å². The van der Waals surface area contributed by atoms with E-state index in [0.717, 1.165) is 23.2 Å². The minimum absolute atomic E-state index is 0.614. The topological polar surface area (TPSA) is 30.7 Å². The summed E-state index contributed by atoms with van der Waals surface area (Å²) < 4.78 is 2.47. The van der Waals surface area contributed by atoms with Gasteiger partial charge in [-0.15, -0.1) is 21.5 Å². The highest BCUT2D eigenvalue weighted by molar-refractivity contribution is 7.99. The van der Waals surface area contributed by atoms with Crippen LogP contribution in [0.15, 0.2) is 22.7 Å². The van der Waals surface area contributed by atoms with Crippen LogP contribution in [-0.4, -0.2) is 20.5 Å². The van der Waals surface area contributed by atoms with Gasteiger partial charge in [0.1, 0.15) is 5.82 Å². The van der Waals surface area contributed by atoms with E-state index in [1.54, 1.807) is 0 Å². The molecule has 0 bridgehead atoms. The summed E-state index contributed by atoms with van der Waals surface area (Å²) in [4.78, 5) is 1.38. The van der Waals surface area contributed by atoms with Gasteiger partial charge in [-0.25, -0.2) is 0 Å². The molecule has 3 nitrogen and oxygen atoms in total. The molecule has 5 heteroatoms. The van der Waals surface area contributed by atoms with Crippen molar-refractivity contribution in [3.63, 3.8) is 0 Å². The quantitative estimate of drug-likeness (QED) is 0.506. The van der Waals surface area contributed by atoms with Crippen LogP contribution in [0.5, 0.6) is 0 Å². The van der Waals surface area contributed by atoms with E-state index in [-0.39, 0.29) is 0 Å². The molecule has 1 saturated carbocycles. The van der Waals surface area contributed by atoms with E-state index in [1.165, 1.54) is 49.8 Å². The van der Waals surface area contributed by atoms with Gasteiger partial charge in [-0.05, 0) is 30.7 Å². The normalized spacial score (nSPS) is 16.2. The lowest BCUT2D eigenvalue weighted by Crippen LogP contribution is -2.16. The monoisotopic (exact) mass is 335 g/mol. The summed E-state index contributed by atoms with van der Waals surface area (Å²) in [6, 6.07) is 4.94. The predicted octanol–water partition coefficient (Wildman–Crippen LogP) is 5.33. The molecule has 0 spiro atoms. The number of nitrogens with zero attached hydrogens (tertiary/aromatic N) is 3.